The summed E-state index contributed by atoms with van der Waals surface area (Å²) < 4.78 is 10.7. The molecule has 0 spiro atoms. The fourth-order valence-corrected chi connectivity index (χ4v) is 1.50. The first kappa shape index (κ1) is 16.4. The van der Waals surface area contributed by atoms with E-state index in [4.69, 9.17) is 9.15 Å². The summed E-state index contributed by atoms with van der Waals surface area (Å²) in [6.45, 7) is 5.87. The Morgan fingerprint density at radius 3 is 2.45 bits per heavy atom. The van der Waals surface area contributed by atoms with E-state index >= 15 is 0 Å². The van der Waals surface area contributed by atoms with Crippen LogP contribution in [0.5, 0.6) is 0 Å². The quantitative estimate of drug-likeness (QED) is 0.730. The summed E-state index contributed by atoms with van der Waals surface area (Å²) in [7, 11) is 0. The number of hydrogen-bond acceptors (Lipinski definition) is 4. The molecule has 0 radical (unpaired) electrons. The van der Waals surface area contributed by atoms with Crippen molar-refractivity contribution in [3.05, 3.63) is 16.8 Å². The minimum absolute atomic E-state index is 0.268. The number of rotatable bonds is 4. The highest BCUT2D eigenvalue weighted by molar-refractivity contribution is 9.10. The number of carbonyl (C=O) groups excluding carboxylic acids is 2. The lowest BCUT2D eigenvalue weighted by molar-refractivity contribution is 0.0528. The molecular weight excluding hydrogens is 330 g/mol. The maximum absolute atomic E-state index is 11.5. The van der Waals surface area contributed by atoms with Gasteiger partial charge < -0.3 is 19.8 Å². The molecule has 0 saturated carbocycles. The summed E-state index contributed by atoms with van der Waals surface area (Å²) in [6, 6.07) is 2.86. The Bertz CT molecular complexity index is 468. The maximum atomic E-state index is 11.5. The summed E-state index contributed by atoms with van der Waals surface area (Å²) in [4.78, 5) is 22.8. The third kappa shape index (κ3) is 7.03. The van der Waals surface area contributed by atoms with Crippen molar-refractivity contribution in [2.45, 2.75) is 26.4 Å². The van der Waals surface area contributed by atoms with Gasteiger partial charge in [0, 0.05) is 19.2 Å². The number of halogens is 1. The second-order valence-electron chi connectivity index (χ2n) is 4.91. The van der Waals surface area contributed by atoms with E-state index in [2.05, 4.69) is 31.9 Å². The first-order chi connectivity index (χ1) is 9.26. The summed E-state index contributed by atoms with van der Waals surface area (Å²) in [6.07, 6.45) is -0.519. The molecule has 1 heterocycles. The van der Waals surface area contributed by atoms with Gasteiger partial charge in [0.1, 0.15) is 5.60 Å². The van der Waals surface area contributed by atoms with Crippen molar-refractivity contribution < 1.29 is 18.7 Å². The number of anilines is 1. The van der Waals surface area contributed by atoms with Crippen LogP contribution in [0, 0.1) is 0 Å². The van der Waals surface area contributed by atoms with Crippen molar-refractivity contribution in [3.8, 4) is 0 Å². The van der Waals surface area contributed by atoms with E-state index in [1.54, 1.807) is 32.9 Å². The third-order valence-corrected chi connectivity index (χ3v) is 2.31. The van der Waals surface area contributed by atoms with Gasteiger partial charge in [-0.05, 0) is 42.8 Å². The molecule has 0 aromatic carbocycles. The fourth-order valence-electron chi connectivity index (χ4n) is 1.19. The van der Waals surface area contributed by atoms with Gasteiger partial charge in [-0.25, -0.2) is 9.59 Å². The number of carbonyl (C=O) groups is 2. The van der Waals surface area contributed by atoms with Gasteiger partial charge in [-0.1, -0.05) is 0 Å². The van der Waals surface area contributed by atoms with Crippen molar-refractivity contribution in [2.24, 2.45) is 0 Å². The number of urea groups is 1. The van der Waals surface area contributed by atoms with Gasteiger partial charge in [0.15, 0.2) is 4.67 Å². The molecule has 20 heavy (non-hydrogen) atoms. The second-order valence-corrected chi connectivity index (χ2v) is 5.69. The highest BCUT2D eigenvalue weighted by Crippen LogP contribution is 2.17. The molecule has 0 saturated heterocycles. The van der Waals surface area contributed by atoms with Crippen molar-refractivity contribution >= 4 is 33.9 Å². The van der Waals surface area contributed by atoms with Gasteiger partial charge in [0.25, 0.3) is 0 Å². The SMILES string of the molecule is CC(C)(C)OC(=O)NCCNC(=O)Nc1ccc(Br)o1. The number of nitrogens with one attached hydrogen (secondary N) is 3. The van der Waals surface area contributed by atoms with Crippen LogP contribution in [0.2, 0.25) is 0 Å². The predicted octanol–water partition coefficient (Wildman–Crippen LogP) is 2.69. The van der Waals surface area contributed by atoms with Crippen LogP contribution in [0.1, 0.15) is 20.8 Å². The van der Waals surface area contributed by atoms with Crippen molar-refractivity contribution in [3.63, 3.8) is 0 Å². The minimum Gasteiger partial charge on any atom is -0.444 e. The lowest BCUT2D eigenvalue weighted by atomic mass is 10.2. The Morgan fingerprint density at radius 2 is 1.90 bits per heavy atom. The van der Waals surface area contributed by atoms with Crippen LogP contribution >= 0.6 is 15.9 Å². The highest BCUT2D eigenvalue weighted by Gasteiger charge is 2.15. The molecule has 1 aromatic rings. The lowest BCUT2D eigenvalue weighted by Crippen LogP contribution is -2.39. The summed E-state index contributed by atoms with van der Waals surface area (Å²) in [5.74, 6) is 0.328. The van der Waals surface area contributed by atoms with Gasteiger partial charge in [-0.3, -0.25) is 5.32 Å². The normalized spacial score (nSPS) is 10.8. The van der Waals surface area contributed by atoms with Gasteiger partial charge >= 0.3 is 12.1 Å². The average molecular weight is 348 g/mol. The Labute approximate surface area is 125 Å². The monoisotopic (exact) mass is 347 g/mol. The molecule has 3 amide bonds. The molecule has 0 aliphatic carbocycles. The fraction of sp³-hybridized carbons (Fsp3) is 0.500. The van der Waals surface area contributed by atoms with Crippen LogP contribution < -0.4 is 16.0 Å². The van der Waals surface area contributed by atoms with Gasteiger partial charge in [-0.2, -0.15) is 0 Å². The van der Waals surface area contributed by atoms with Gasteiger partial charge in [0.05, 0.1) is 0 Å². The van der Waals surface area contributed by atoms with E-state index in [0.29, 0.717) is 10.6 Å². The van der Waals surface area contributed by atoms with Crippen molar-refractivity contribution in [1.82, 2.24) is 10.6 Å². The molecule has 0 aliphatic rings. The second kappa shape index (κ2) is 7.18. The molecule has 0 aliphatic heterocycles. The minimum atomic E-state index is -0.540. The maximum Gasteiger partial charge on any atom is 0.407 e. The van der Waals surface area contributed by atoms with Crippen LogP contribution in [-0.2, 0) is 4.74 Å². The first-order valence-electron chi connectivity index (χ1n) is 6.03. The Morgan fingerprint density at radius 1 is 1.25 bits per heavy atom. The predicted molar refractivity (Wildman–Crippen MR) is 77.7 cm³/mol. The number of alkyl carbamates (subject to hydrolysis) is 1. The first-order valence-corrected chi connectivity index (χ1v) is 6.82. The molecule has 1 rings (SSSR count). The third-order valence-electron chi connectivity index (χ3n) is 1.89. The molecule has 0 unspecified atom stereocenters. The Balaban J connectivity index is 2.15. The average Bonchev–Trinajstić information content (AvgIpc) is 2.68. The van der Waals surface area contributed by atoms with E-state index < -0.39 is 17.7 Å². The largest absolute Gasteiger partial charge is 0.444 e. The Hall–Kier alpha value is -1.70. The van der Waals surface area contributed by atoms with E-state index in [0.717, 1.165) is 0 Å². The highest BCUT2D eigenvalue weighted by atomic mass is 79.9. The zero-order valence-electron chi connectivity index (χ0n) is 11.6. The topological polar surface area (TPSA) is 92.6 Å². The van der Waals surface area contributed by atoms with Crippen LogP contribution in [0.4, 0.5) is 15.5 Å². The van der Waals surface area contributed by atoms with Crippen molar-refractivity contribution in [1.29, 1.82) is 0 Å². The van der Waals surface area contributed by atoms with Crippen LogP contribution in [0.15, 0.2) is 21.2 Å². The summed E-state index contributed by atoms with van der Waals surface area (Å²) in [5.41, 5.74) is -0.540. The molecular formula is C12H18BrN3O4. The summed E-state index contributed by atoms with van der Waals surface area (Å²) >= 11 is 3.13. The van der Waals surface area contributed by atoms with Crippen LogP contribution in [0.3, 0.4) is 0 Å². The smallest absolute Gasteiger partial charge is 0.407 e. The molecule has 7 nitrogen and oxygen atoms in total. The number of furan rings is 1. The van der Waals surface area contributed by atoms with Crippen LogP contribution in [-0.4, -0.2) is 30.8 Å². The van der Waals surface area contributed by atoms with E-state index in [-0.39, 0.29) is 13.1 Å². The van der Waals surface area contributed by atoms with E-state index in [1.165, 1.54) is 0 Å². The zero-order valence-corrected chi connectivity index (χ0v) is 13.2. The molecule has 0 bridgehead atoms. The molecule has 112 valence electrons. The lowest BCUT2D eigenvalue weighted by Gasteiger charge is -2.19. The number of hydrogen-bond donors (Lipinski definition) is 3. The number of amides is 3. The zero-order chi connectivity index (χ0) is 15.2. The molecule has 3 N–H and O–H groups in total. The Kier molecular flexibility index (Phi) is 5.87. The number of ether oxygens (including phenoxy) is 1. The van der Waals surface area contributed by atoms with Crippen molar-refractivity contribution in [2.75, 3.05) is 18.4 Å². The van der Waals surface area contributed by atoms with Gasteiger partial charge in [-0.15, -0.1) is 0 Å². The van der Waals surface area contributed by atoms with E-state index in [1.807, 2.05) is 0 Å². The molecule has 0 fully saturated rings. The van der Waals surface area contributed by atoms with Gasteiger partial charge in [0.2, 0.25) is 5.88 Å². The van der Waals surface area contributed by atoms with E-state index in [9.17, 15) is 9.59 Å². The molecule has 8 heteroatoms. The molecule has 1 aromatic heterocycles. The standard InChI is InChI=1S/C12H18BrN3O4/c1-12(2,3)20-11(18)15-7-6-14-10(17)16-9-5-4-8(13)19-9/h4-5H,6-7H2,1-3H3,(H,15,18)(H2,14,16,17). The molecule has 0 atom stereocenters. The summed E-state index contributed by atoms with van der Waals surface area (Å²) in [5, 5.41) is 7.59. The van der Waals surface area contributed by atoms with Crippen LogP contribution in [0.25, 0.3) is 0 Å².